The number of nitrogens with zero attached hydrogens (tertiary/aromatic N) is 2. The van der Waals surface area contributed by atoms with E-state index < -0.39 is 10.0 Å². The molecule has 2 heterocycles. The molecule has 0 saturated heterocycles. The normalized spacial score (nSPS) is 11.6. The van der Waals surface area contributed by atoms with Gasteiger partial charge < -0.3 is 4.74 Å². The molecule has 2 rings (SSSR count). The van der Waals surface area contributed by atoms with Crippen LogP contribution in [0.1, 0.15) is 19.5 Å². The van der Waals surface area contributed by atoms with Crippen molar-refractivity contribution in [3.05, 3.63) is 29.5 Å². The van der Waals surface area contributed by atoms with Crippen LogP contribution in [0.25, 0.3) is 0 Å². The fourth-order valence-corrected chi connectivity index (χ4v) is 3.28. The molecule has 0 bridgehead atoms. The molecule has 0 saturated carbocycles. The lowest BCUT2D eigenvalue weighted by Crippen LogP contribution is -2.14. The maximum atomic E-state index is 12.3. The van der Waals surface area contributed by atoms with Crippen LogP contribution in [0.4, 0.5) is 5.69 Å². The van der Waals surface area contributed by atoms with Crippen LogP contribution in [0.2, 0.25) is 0 Å². The Morgan fingerprint density at radius 2 is 2.10 bits per heavy atom. The van der Waals surface area contributed by atoms with E-state index in [1.807, 2.05) is 13.8 Å². The second-order valence-corrected chi connectivity index (χ2v) is 6.75. The average Bonchev–Trinajstić information content (AvgIpc) is 2.74. The van der Waals surface area contributed by atoms with E-state index in [4.69, 9.17) is 4.74 Å². The number of nitrogens with one attached hydrogen (secondary N) is 1. The fraction of sp³-hybridized carbons (Fsp3) is 0.333. The Hall–Kier alpha value is -1.67. The molecule has 0 aliphatic carbocycles. The van der Waals surface area contributed by atoms with Gasteiger partial charge >= 0.3 is 0 Å². The summed E-state index contributed by atoms with van der Waals surface area (Å²) in [5, 5.41) is 1.65. The average molecular weight is 313 g/mol. The second kappa shape index (κ2) is 5.76. The van der Waals surface area contributed by atoms with Crippen LogP contribution in [0, 0.1) is 6.92 Å². The van der Waals surface area contributed by atoms with E-state index in [9.17, 15) is 8.42 Å². The zero-order valence-corrected chi connectivity index (χ0v) is 13.0. The summed E-state index contributed by atoms with van der Waals surface area (Å²) in [6.45, 7) is 5.46. The van der Waals surface area contributed by atoms with Gasteiger partial charge in [0, 0.05) is 17.6 Å². The summed E-state index contributed by atoms with van der Waals surface area (Å²) in [6.07, 6.45) is 2.71. The summed E-state index contributed by atoms with van der Waals surface area (Å²) < 4.78 is 36.5. The van der Waals surface area contributed by atoms with Crippen LogP contribution in [-0.4, -0.2) is 23.9 Å². The molecule has 20 heavy (non-hydrogen) atoms. The number of rotatable bonds is 5. The standard InChI is InChI=1S/C12H15N3O3S2/c1-8(2)18-10-4-11(6-13-5-10)20(16,17)15-12-7-19-14-9(12)3/h4-8,15H,1-3H3. The first-order chi connectivity index (χ1) is 9.38. The summed E-state index contributed by atoms with van der Waals surface area (Å²) in [6, 6.07) is 1.45. The highest BCUT2D eigenvalue weighted by Gasteiger charge is 2.17. The molecule has 0 aromatic carbocycles. The molecule has 1 N–H and O–H groups in total. The lowest BCUT2D eigenvalue weighted by atomic mass is 10.4. The van der Waals surface area contributed by atoms with Gasteiger partial charge in [-0.05, 0) is 32.3 Å². The van der Waals surface area contributed by atoms with Crippen molar-refractivity contribution >= 4 is 27.2 Å². The third kappa shape index (κ3) is 3.45. The number of hydrogen-bond donors (Lipinski definition) is 1. The second-order valence-electron chi connectivity index (χ2n) is 4.44. The van der Waals surface area contributed by atoms with Crippen LogP contribution < -0.4 is 9.46 Å². The molecule has 2 aromatic heterocycles. The molecule has 0 aliphatic heterocycles. The van der Waals surface area contributed by atoms with Gasteiger partial charge in [0.2, 0.25) is 0 Å². The first kappa shape index (κ1) is 14.7. The molecular formula is C12H15N3O3S2. The van der Waals surface area contributed by atoms with Gasteiger partial charge in [-0.15, -0.1) is 0 Å². The minimum absolute atomic E-state index is 0.0500. The summed E-state index contributed by atoms with van der Waals surface area (Å²) in [7, 11) is -3.69. The van der Waals surface area contributed by atoms with Gasteiger partial charge in [-0.3, -0.25) is 9.71 Å². The number of aryl methyl sites for hydroxylation is 1. The molecule has 0 atom stereocenters. The molecule has 6 nitrogen and oxygen atoms in total. The Balaban J connectivity index is 2.28. The molecule has 2 aromatic rings. The van der Waals surface area contributed by atoms with E-state index in [2.05, 4.69) is 14.1 Å². The van der Waals surface area contributed by atoms with Crippen molar-refractivity contribution in [3.8, 4) is 5.75 Å². The van der Waals surface area contributed by atoms with E-state index in [-0.39, 0.29) is 11.0 Å². The Kier molecular flexibility index (Phi) is 4.24. The smallest absolute Gasteiger partial charge is 0.263 e. The van der Waals surface area contributed by atoms with E-state index in [1.165, 1.54) is 30.0 Å². The van der Waals surface area contributed by atoms with E-state index in [0.29, 0.717) is 17.1 Å². The highest BCUT2D eigenvalue weighted by atomic mass is 32.2. The van der Waals surface area contributed by atoms with Gasteiger partial charge in [-0.25, -0.2) is 8.42 Å². The lowest BCUT2D eigenvalue weighted by Gasteiger charge is -2.11. The third-order valence-electron chi connectivity index (χ3n) is 2.36. The monoisotopic (exact) mass is 313 g/mol. The summed E-state index contributed by atoms with van der Waals surface area (Å²) in [5.74, 6) is 0.419. The Labute approximate surface area is 122 Å². The quantitative estimate of drug-likeness (QED) is 0.917. The van der Waals surface area contributed by atoms with Crippen LogP contribution in [-0.2, 0) is 10.0 Å². The maximum Gasteiger partial charge on any atom is 0.263 e. The molecule has 0 aliphatic rings. The summed E-state index contributed by atoms with van der Waals surface area (Å²) in [5.41, 5.74) is 1.12. The molecule has 0 spiro atoms. The van der Waals surface area contributed by atoms with Crippen molar-refractivity contribution in [1.29, 1.82) is 0 Å². The van der Waals surface area contributed by atoms with Crippen molar-refractivity contribution in [1.82, 2.24) is 9.36 Å². The number of sulfonamides is 1. The lowest BCUT2D eigenvalue weighted by molar-refractivity contribution is 0.241. The maximum absolute atomic E-state index is 12.3. The fourth-order valence-electron chi connectivity index (χ4n) is 1.48. The van der Waals surface area contributed by atoms with Crippen molar-refractivity contribution in [2.24, 2.45) is 0 Å². The first-order valence-corrected chi connectivity index (χ1v) is 8.26. The first-order valence-electron chi connectivity index (χ1n) is 5.94. The molecule has 108 valence electrons. The van der Waals surface area contributed by atoms with Crippen LogP contribution in [0.5, 0.6) is 5.75 Å². The van der Waals surface area contributed by atoms with Gasteiger partial charge in [0.25, 0.3) is 10.0 Å². The Morgan fingerprint density at radius 1 is 1.35 bits per heavy atom. The van der Waals surface area contributed by atoms with Crippen molar-refractivity contribution in [3.63, 3.8) is 0 Å². The van der Waals surface area contributed by atoms with Gasteiger partial charge in [0.05, 0.1) is 23.7 Å². The Bertz CT molecular complexity index is 695. The molecule has 8 heteroatoms. The summed E-state index contributed by atoms with van der Waals surface area (Å²) >= 11 is 1.20. The van der Waals surface area contributed by atoms with Crippen LogP contribution in [0.3, 0.4) is 0 Å². The minimum Gasteiger partial charge on any atom is -0.489 e. The van der Waals surface area contributed by atoms with E-state index >= 15 is 0 Å². The van der Waals surface area contributed by atoms with Crippen LogP contribution in [0.15, 0.2) is 28.7 Å². The SMILES string of the molecule is Cc1nscc1NS(=O)(=O)c1cncc(OC(C)C)c1. The van der Waals surface area contributed by atoms with Crippen molar-refractivity contribution < 1.29 is 13.2 Å². The Morgan fingerprint density at radius 3 is 2.70 bits per heavy atom. The molecule has 0 unspecified atom stereocenters. The molecule has 0 fully saturated rings. The number of hydrogen-bond acceptors (Lipinski definition) is 6. The highest BCUT2D eigenvalue weighted by Crippen LogP contribution is 2.22. The third-order valence-corrected chi connectivity index (χ3v) is 4.42. The largest absolute Gasteiger partial charge is 0.489 e. The van der Waals surface area contributed by atoms with Gasteiger partial charge in [-0.2, -0.15) is 4.37 Å². The number of aromatic nitrogens is 2. The van der Waals surface area contributed by atoms with Gasteiger partial charge in [0.15, 0.2) is 0 Å². The topological polar surface area (TPSA) is 81.2 Å². The number of ether oxygens (including phenoxy) is 1. The zero-order chi connectivity index (χ0) is 14.8. The molecule has 0 radical (unpaired) electrons. The van der Waals surface area contributed by atoms with E-state index in [1.54, 1.807) is 12.3 Å². The van der Waals surface area contributed by atoms with Gasteiger partial charge in [-0.1, -0.05) is 0 Å². The minimum atomic E-state index is -3.69. The predicted octanol–water partition coefficient (Wildman–Crippen LogP) is 2.43. The van der Waals surface area contributed by atoms with E-state index in [0.717, 1.165) is 0 Å². The molecule has 0 amide bonds. The van der Waals surface area contributed by atoms with Gasteiger partial charge in [0.1, 0.15) is 10.6 Å². The predicted molar refractivity (Wildman–Crippen MR) is 77.7 cm³/mol. The molecular weight excluding hydrogens is 298 g/mol. The zero-order valence-electron chi connectivity index (χ0n) is 11.3. The summed E-state index contributed by atoms with van der Waals surface area (Å²) in [4.78, 5) is 3.96. The van der Waals surface area contributed by atoms with Crippen molar-refractivity contribution in [2.45, 2.75) is 31.8 Å². The number of pyridine rings is 1. The number of anilines is 1. The highest BCUT2D eigenvalue weighted by molar-refractivity contribution is 7.92. The van der Waals surface area contributed by atoms with Crippen LogP contribution >= 0.6 is 11.5 Å². The van der Waals surface area contributed by atoms with Crippen molar-refractivity contribution in [2.75, 3.05) is 4.72 Å².